The Bertz CT molecular complexity index is 309. The van der Waals surface area contributed by atoms with Crippen molar-refractivity contribution >= 4 is 5.69 Å². The van der Waals surface area contributed by atoms with Gasteiger partial charge in [-0.25, -0.2) is 0 Å². The Kier molecular flexibility index (Phi) is 2.47. The molecule has 13 heavy (non-hydrogen) atoms. The van der Waals surface area contributed by atoms with Crippen LogP contribution in [-0.4, -0.2) is 5.11 Å². The van der Waals surface area contributed by atoms with Crippen molar-refractivity contribution in [3.05, 3.63) is 29.3 Å². The van der Waals surface area contributed by atoms with Gasteiger partial charge in [0, 0.05) is 5.69 Å². The number of hydrogen-bond acceptors (Lipinski definition) is 2. The molecule has 0 spiro atoms. The molecule has 1 aromatic carbocycles. The van der Waals surface area contributed by atoms with Crippen LogP contribution in [0.4, 0.5) is 18.9 Å². The Labute approximate surface area is 72.8 Å². The second-order valence-electron chi connectivity index (χ2n) is 2.58. The Morgan fingerprint density at radius 3 is 2.31 bits per heavy atom. The second kappa shape index (κ2) is 3.26. The first-order chi connectivity index (χ1) is 5.95. The molecule has 0 aromatic heterocycles. The maximum absolute atomic E-state index is 12.1. The normalized spacial score (nSPS) is 11.7. The largest absolute Gasteiger partial charge is 0.418 e. The van der Waals surface area contributed by atoms with E-state index in [1.807, 2.05) is 0 Å². The summed E-state index contributed by atoms with van der Waals surface area (Å²) in [6.07, 6.45) is -4.43. The molecule has 0 bridgehead atoms. The van der Waals surface area contributed by atoms with Crippen molar-refractivity contribution < 1.29 is 18.3 Å². The summed E-state index contributed by atoms with van der Waals surface area (Å²) in [4.78, 5) is 0. The number of aliphatic hydroxyl groups excluding tert-OH is 1. The highest BCUT2D eigenvalue weighted by Crippen LogP contribution is 2.33. The zero-order chi connectivity index (χ0) is 10.1. The lowest BCUT2D eigenvalue weighted by molar-refractivity contribution is -0.136. The fourth-order valence-electron chi connectivity index (χ4n) is 0.969. The van der Waals surface area contributed by atoms with E-state index in [1.165, 1.54) is 6.07 Å². The van der Waals surface area contributed by atoms with Crippen LogP contribution in [-0.2, 0) is 12.8 Å². The van der Waals surface area contributed by atoms with Gasteiger partial charge >= 0.3 is 6.18 Å². The highest BCUT2D eigenvalue weighted by Gasteiger charge is 2.32. The van der Waals surface area contributed by atoms with E-state index in [2.05, 4.69) is 0 Å². The van der Waals surface area contributed by atoms with Gasteiger partial charge in [-0.1, -0.05) is 6.07 Å². The van der Waals surface area contributed by atoms with Crippen LogP contribution in [0.15, 0.2) is 18.2 Å². The van der Waals surface area contributed by atoms with Crippen molar-refractivity contribution in [2.24, 2.45) is 0 Å². The van der Waals surface area contributed by atoms with Gasteiger partial charge in [-0.15, -0.1) is 0 Å². The van der Waals surface area contributed by atoms with Crippen LogP contribution in [0.5, 0.6) is 0 Å². The minimum Gasteiger partial charge on any atom is -0.398 e. The quantitative estimate of drug-likeness (QED) is 0.664. The van der Waals surface area contributed by atoms with Gasteiger partial charge in [0.25, 0.3) is 0 Å². The van der Waals surface area contributed by atoms with Crippen molar-refractivity contribution in [2.75, 3.05) is 5.73 Å². The summed E-state index contributed by atoms with van der Waals surface area (Å²) in [5.41, 5.74) is 4.29. The maximum atomic E-state index is 12.1. The van der Waals surface area contributed by atoms with Gasteiger partial charge in [0.05, 0.1) is 12.2 Å². The molecule has 1 rings (SSSR count). The molecule has 0 fully saturated rings. The van der Waals surface area contributed by atoms with Crippen LogP contribution in [0.1, 0.15) is 11.1 Å². The third-order valence-corrected chi connectivity index (χ3v) is 1.60. The first-order valence-corrected chi connectivity index (χ1v) is 3.51. The van der Waals surface area contributed by atoms with Crippen LogP contribution in [0, 0.1) is 0 Å². The monoisotopic (exact) mass is 191 g/mol. The van der Waals surface area contributed by atoms with E-state index < -0.39 is 11.7 Å². The summed E-state index contributed by atoms with van der Waals surface area (Å²) in [5.74, 6) is 0. The van der Waals surface area contributed by atoms with Crippen molar-refractivity contribution in [3.8, 4) is 0 Å². The average molecular weight is 191 g/mol. The zero-order valence-corrected chi connectivity index (χ0v) is 6.60. The first-order valence-electron chi connectivity index (χ1n) is 3.51. The van der Waals surface area contributed by atoms with Gasteiger partial charge in [-0.3, -0.25) is 0 Å². The molecular formula is C8H8F3NO. The topological polar surface area (TPSA) is 46.2 Å². The summed E-state index contributed by atoms with van der Waals surface area (Å²) >= 11 is 0. The molecular weight excluding hydrogens is 183 g/mol. The van der Waals surface area contributed by atoms with Crippen LogP contribution < -0.4 is 5.73 Å². The summed E-state index contributed by atoms with van der Waals surface area (Å²) < 4.78 is 36.4. The van der Waals surface area contributed by atoms with Crippen LogP contribution in [0.25, 0.3) is 0 Å². The highest BCUT2D eigenvalue weighted by molar-refractivity contribution is 5.50. The van der Waals surface area contributed by atoms with Crippen molar-refractivity contribution in [3.63, 3.8) is 0 Å². The van der Waals surface area contributed by atoms with Gasteiger partial charge < -0.3 is 10.8 Å². The number of alkyl halides is 3. The van der Waals surface area contributed by atoms with Gasteiger partial charge in [-0.2, -0.15) is 13.2 Å². The number of rotatable bonds is 1. The first kappa shape index (κ1) is 9.85. The number of benzene rings is 1. The Morgan fingerprint density at radius 2 is 1.92 bits per heavy atom. The van der Waals surface area contributed by atoms with Crippen LogP contribution in [0.3, 0.4) is 0 Å². The summed E-state index contributed by atoms with van der Waals surface area (Å²) in [5, 5.41) is 8.62. The zero-order valence-electron chi connectivity index (χ0n) is 6.60. The molecule has 2 nitrogen and oxygen atoms in total. The summed E-state index contributed by atoms with van der Waals surface area (Å²) in [6, 6.07) is 3.17. The fourth-order valence-corrected chi connectivity index (χ4v) is 0.969. The molecule has 0 amide bonds. The molecule has 0 heterocycles. The average Bonchev–Trinajstić information content (AvgIpc) is 2.01. The molecule has 0 atom stereocenters. The van der Waals surface area contributed by atoms with Crippen molar-refractivity contribution in [1.82, 2.24) is 0 Å². The van der Waals surface area contributed by atoms with E-state index in [0.29, 0.717) is 5.56 Å². The third-order valence-electron chi connectivity index (χ3n) is 1.60. The van der Waals surface area contributed by atoms with E-state index >= 15 is 0 Å². The van der Waals surface area contributed by atoms with E-state index in [0.717, 1.165) is 12.1 Å². The number of halogens is 3. The Hall–Kier alpha value is -1.23. The molecule has 0 radical (unpaired) electrons. The number of anilines is 1. The summed E-state index contributed by atoms with van der Waals surface area (Å²) in [6.45, 7) is -0.317. The predicted octanol–water partition coefficient (Wildman–Crippen LogP) is 1.78. The van der Waals surface area contributed by atoms with Gasteiger partial charge in [0.2, 0.25) is 0 Å². The minimum absolute atomic E-state index is 0.317. The molecule has 72 valence electrons. The standard InChI is InChI=1S/C8H8F3NO/c9-8(10,11)6-2-1-5(4-13)3-7(6)12/h1-3,13H,4,12H2. The molecule has 1 aromatic rings. The molecule has 0 saturated heterocycles. The van der Waals surface area contributed by atoms with E-state index in [4.69, 9.17) is 10.8 Å². The molecule has 0 aliphatic rings. The van der Waals surface area contributed by atoms with E-state index in [9.17, 15) is 13.2 Å². The number of nitrogens with two attached hydrogens (primary N) is 1. The third kappa shape index (κ3) is 2.12. The Balaban J connectivity index is 3.13. The lowest BCUT2D eigenvalue weighted by Gasteiger charge is -2.10. The van der Waals surface area contributed by atoms with Crippen molar-refractivity contribution in [2.45, 2.75) is 12.8 Å². The van der Waals surface area contributed by atoms with Gasteiger partial charge in [-0.05, 0) is 17.7 Å². The molecule has 3 N–H and O–H groups in total. The predicted molar refractivity (Wildman–Crippen MR) is 41.8 cm³/mol. The highest BCUT2D eigenvalue weighted by atomic mass is 19.4. The smallest absolute Gasteiger partial charge is 0.398 e. The SMILES string of the molecule is Nc1cc(CO)ccc1C(F)(F)F. The fraction of sp³-hybridized carbons (Fsp3) is 0.250. The number of nitrogen functional groups attached to an aromatic ring is 1. The van der Waals surface area contributed by atoms with Crippen LogP contribution >= 0.6 is 0 Å². The molecule has 5 heteroatoms. The van der Waals surface area contributed by atoms with Crippen molar-refractivity contribution in [1.29, 1.82) is 0 Å². The summed E-state index contributed by atoms with van der Waals surface area (Å²) in [7, 11) is 0. The number of aliphatic hydroxyl groups is 1. The molecule has 0 aliphatic carbocycles. The van der Waals surface area contributed by atoms with Gasteiger partial charge in [0.15, 0.2) is 0 Å². The van der Waals surface area contributed by atoms with E-state index in [-0.39, 0.29) is 12.3 Å². The maximum Gasteiger partial charge on any atom is 0.418 e. The lowest BCUT2D eigenvalue weighted by atomic mass is 10.1. The molecule has 0 saturated carbocycles. The molecule has 0 aliphatic heterocycles. The van der Waals surface area contributed by atoms with Crippen LogP contribution in [0.2, 0.25) is 0 Å². The van der Waals surface area contributed by atoms with Gasteiger partial charge in [0.1, 0.15) is 0 Å². The second-order valence-corrected chi connectivity index (χ2v) is 2.58. The Morgan fingerprint density at radius 1 is 1.31 bits per heavy atom. The minimum atomic E-state index is -4.43. The lowest BCUT2D eigenvalue weighted by Crippen LogP contribution is -2.09. The molecule has 0 unspecified atom stereocenters. The van der Waals surface area contributed by atoms with E-state index in [1.54, 1.807) is 0 Å². The number of hydrogen-bond donors (Lipinski definition) is 2.